The van der Waals surface area contributed by atoms with Crippen LogP contribution >= 0.6 is 0 Å². The first-order valence-corrected chi connectivity index (χ1v) is 5.27. The largest absolute Gasteiger partial charge is 0.493 e. The molecule has 0 aliphatic rings. The number of ether oxygens (including phenoxy) is 1. The van der Waals surface area contributed by atoms with Crippen LogP contribution in [-0.2, 0) is 0 Å². The molecule has 0 saturated carbocycles. The van der Waals surface area contributed by atoms with E-state index >= 15 is 0 Å². The van der Waals surface area contributed by atoms with Crippen LogP contribution in [0.3, 0.4) is 0 Å². The molecule has 0 amide bonds. The predicted octanol–water partition coefficient (Wildman–Crippen LogP) is 3.95. The van der Waals surface area contributed by atoms with Crippen LogP contribution < -0.4 is 4.74 Å². The van der Waals surface area contributed by atoms with Crippen LogP contribution in [-0.4, -0.2) is 6.61 Å². The Morgan fingerprint density at radius 2 is 1.93 bits per heavy atom. The van der Waals surface area contributed by atoms with Gasteiger partial charge < -0.3 is 4.74 Å². The zero-order valence-electron chi connectivity index (χ0n) is 9.93. The van der Waals surface area contributed by atoms with Crippen molar-refractivity contribution in [3.63, 3.8) is 0 Å². The third kappa shape index (κ3) is 4.32. The summed E-state index contributed by atoms with van der Waals surface area (Å²) >= 11 is 0. The van der Waals surface area contributed by atoms with Gasteiger partial charge in [0.15, 0.2) is 0 Å². The zero-order chi connectivity index (χ0) is 11.5. The summed E-state index contributed by atoms with van der Waals surface area (Å²) in [4.78, 5) is 0. The maximum Gasteiger partial charge on any atom is 0.126 e. The second-order valence-corrected chi connectivity index (χ2v) is 5.07. The predicted molar refractivity (Wildman–Crippen MR) is 60.7 cm³/mol. The first-order valence-electron chi connectivity index (χ1n) is 5.27. The van der Waals surface area contributed by atoms with E-state index < -0.39 is 0 Å². The quantitative estimate of drug-likeness (QED) is 0.734. The lowest BCUT2D eigenvalue weighted by Crippen LogP contribution is -2.11. The molecule has 15 heavy (non-hydrogen) atoms. The van der Waals surface area contributed by atoms with Gasteiger partial charge in [-0.25, -0.2) is 4.39 Å². The molecule has 0 heterocycles. The summed E-state index contributed by atoms with van der Waals surface area (Å²) in [5.41, 5.74) is 1.23. The lowest BCUT2D eigenvalue weighted by atomic mass is 9.93. The second-order valence-electron chi connectivity index (χ2n) is 5.07. The van der Waals surface area contributed by atoms with Crippen molar-refractivity contribution in [1.82, 2.24) is 0 Å². The number of hydrogen-bond acceptors (Lipinski definition) is 1. The maximum atomic E-state index is 12.9. The highest BCUT2D eigenvalue weighted by atomic mass is 19.1. The van der Waals surface area contributed by atoms with Crippen LogP contribution in [0.5, 0.6) is 5.75 Å². The molecule has 0 aromatic heterocycles. The third-order valence-corrected chi connectivity index (χ3v) is 2.26. The molecular formula is C13H19FO. The molecular weight excluding hydrogens is 191 g/mol. The maximum absolute atomic E-state index is 12.9. The van der Waals surface area contributed by atoms with Gasteiger partial charge >= 0.3 is 0 Å². The molecule has 0 radical (unpaired) electrons. The fourth-order valence-electron chi connectivity index (χ4n) is 1.20. The molecule has 1 rings (SSSR count). The van der Waals surface area contributed by atoms with E-state index in [4.69, 9.17) is 4.74 Å². The van der Waals surface area contributed by atoms with Crippen molar-refractivity contribution in [2.24, 2.45) is 5.41 Å². The summed E-state index contributed by atoms with van der Waals surface area (Å²) in [5, 5.41) is 0. The molecule has 1 nitrogen and oxygen atoms in total. The van der Waals surface area contributed by atoms with Crippen molar-refractivity contribution < 1.29 is 9.13 Å². The van der Waals surface area contributed by atoms with Crippen LogP contribution in [0, 0.1) is 18.2 Å². The van der Waals surface area contributed by atoms with Gasteiger partial charge in [-0.05, 0) is 30.4 Å². The van der Waals surface area contributed by atoms with E-state index in [1.165, 1.54) is 12.1 Å². The first kappa shape index (κ1) is 12.0. The Labute approximate surface area is 91.3 Å². The molecule has 84 valence electrons. The third-order valence-electron chi connectivity index (χ3n) is 2.26. The highest BCUT2D eigenvalue weighted by Crippen LogP contribution is 2.22. The highest BCUT2D eigenvalue weighted by molar-refractivity contribution is 5.32. The lowest BCUT2D eigenvalue weighted by molar-refractivity contribution is 0.241. The second kappa shape index (κ2) is 4.65. The molecule has 1 aromatic carbocycles. The van der Waals surface area contributed by atoms with Crippen molar-refractivity contribution in [2.45, 2.75) is 34.1 Å². The summed E-state index contributed by atoms with van der Waals surface area (Å²) in [7, 11) is 0. The van der Waals surface area contributed by atoms with Gasteiger partial charge in [0.05, 0.1) is 6.61 Å². The molecule has 0 fully saturated rings. The lowest BCUT2D eigenvalue weighted by Gasteiger charge is -2.18. The van der Waals surface area contributed by atoms with E-state index in [1.54, 1.807) is 6.07 Å². The summed E-state index contributed by atoms with van der Waals surface area (Å²) in [6.45, 7) is 9.04. The van der Waals surface area contributed by atoms with Gasteiger partial charge in [0, 0.05) is 6.07 Å². The van der Waals surface area contributed by atoms with E-state index in [1.807, 2.05) is 6.92 Å². The van der Waals surface area contributed by atoms with Crippen LogP contribution in [0.1, 0.15) is 32.8 Å². The minimum atomic E-state index is -0.244. The number of hydrogen-bond donors (Lipinski definition) is 0. The fraction of sp³-hybridized carbons (Fsp3) is 0.538. The van der Waals surface area contributed by atoms with Gasteiger partial charge in [-0.3, -0.25) is 0 Å². The normalized spacial score (nSPS) is 11.5. The Morgan fingerprint density at radius 1 is 1.27 bits per heavy atom. The molecule has 0 saturated heterocycles. The first-order chi connectivity index (χ1) is 6.88. The minimum Gasteiger partial charge on any atom is -0.493 e. The van der Waals surface area contributed by atoms with Gasteiger partial charge in [-0.15, -0.1) is 0 Å². The molecule has 0 aliphatic heterocycles. The number of rotatable bonds is 3. The molecule has 0 bridgehead atoms. The van der Waals surface area contributed by atoms with Crippen molar-refractivity contribution in [2.75, 3.05) is 6.61 Å². The minimum absolute atomic E-state index is 0.244. The van der Waals surface area contributed by atoms with Gasteiger partial charge in [-0.2, -0.15) is 0 Å². The average molecular weight is 210 g/mol. The Balaban J connectivity index is 2.54. The van der Waals surface area contributed by atoms with E-state index in [-0.39, 0.29) is 11.2 Å². The Kier molecular flexibility index (Phi) is 3.72. The van der Waals surface area contributed by atoms with Gasteiger partial charge in [0.25, 0.3) is 0 Å². The number of halogens is 1. The molecule has 0 spiro atoms. The number of benzene rings is 1. The molecule has 0 atom stereocenters. The standard InChI is InChI=1S/C13H19FO/c1-10-5-6-11(14)9-12(10)15-8-7-13(2,3)4/h5-6,9H,7-8H2,1-4H3. The fourth-order valence-corrected chi connectivity index (χ4v) is 1.20. The molecule has 0 N–H and O–H groups in total. The Hall–Kier alpha value is -1.05. The monoisotopic (exact) mass is 210 g/mol. The summed E-state index contributed by atoms with van der Waals surface area (Å²) in [6.07, 6.45) is 0.961. The van der Waals surface area contributed by atoms with Crippen LogP contribution in [0.15, 0.2) is 18.2 Å². The molecule has 2 heteroatoms. The summed E-state index contributed by atoms with van der Waals surface area (Å²) in [6, 6.07) is 4.63. The van der Waals surface area contributed by atoms with Gasteiger partial charge in [-0.1, -0.05) is 26.8 Å². The van der Waals surface area contributed by atoms with Crippen molar-refractivity contribution in [1.29, 1.82) is 0 Å². The van der Waals surface area contributed by atoms with Crippen LogP contribution in [0.4, 0.5) is 4.39 Å². The van der Waals surface area contributed by atoms with E-state index in [0.717, 1.165) is 12.0 Å². The molecule has 0 unspecified atom stereocenters. The molecule has 0 aliphatic carbocycles. The average Bonchev–Trinajstić information content (AvgIpc) is 2.09. The molecule has 1 aromatic rings. The highest BCUT2D eigenvalue weighted by Gasteiger charge is 2.10. The van der Waals surface area contributed by atoms with Crippen molar-refractivity contribution >= 4 is 0 Å². The van der Waals surface area contributed by atoms with Crippen molar-refractivity contribution in [3.05, 3.63) is 29.6 Å². The number of aryl methyl sites for hydroxylation is 1. The SMILES string of the molecule is Cc1ccc(F)cc1OCCC(C)(C)C. The van der Waals surface area contributed by atoms with E-state index in [9.17, 15) is 4.39 Å². The van der Waals surface area contributed by atoms with E-state index in [0.29, 0.717) is 12.4 Å². The smallest absolute Gasteiger partial charge is 0.126 e. The van der Waals surface area contributed by atoms with Gasteiger partial charge in [0.2, 0.25) is 0 Å². The van der Waals surface area contributed by atoms with Crippen LogP contribution in [0.25, 0.3) is 0 Å². The van der Waals surface area contributed by atoms with Crippen molar-refractivity contribution in [3.8, 4) is 5.75 Å². The Morgan fingerprint density at radius 3 is 2.53 bits per heavy atom. The van der Waals surface area contributed by atoms with Gasteiger partial charge in [0.1, 0.15) is 11.6 Å². The van der Waals surface area contributed by atoms with E-state index in [2.05, 4.69) is 20.8 Å². The summed E-state index contributed by atoms with van der Waals surface area (Å²) < 4.78 is 18.5. The Bertz CT molecular complexity index is 326. The topological polar surface area (TPSA) is 9.23 Å². The zero-order valence-corrected chi connectivity index (χ0v) is 9.93. The summed E-state index contributed by atoms with van der Waals surface area (Å²) in [5.74, 6) is 0.408. The van der Waals surface area contributed by atoms with Crippen LogP contribution in [0.2, 0.25) is 0 Å².